The van der Waals surface area contributed by atoms with E-state index in [-0.39, 0.29) is 34.3 Å². The Labute approximate surface area is 195 Å². The van der Waals surface area contributed by atoms with Crippen molar-refractivity contribution in [2.75, 3.05) is 5.73 Å². The minimum Gasteiger partial charge on any atom is -0.423 e. The first-order valence-corrected chi connectivity index (χ1v) is 9.74. The lowest BCUT2D eigenvalue weighted by Crippen LogP contribution is -2.22. The lowest BCUT2D eigenvalue weighted by molar-refractivity contribution is -0.384. The van der Waals surface area contributed by atoms with Gasteiger partial charge in [-0.25, -0.2) is 14.8 Å². The van der Waals surface area contributed by atoms with Crippen molar-refractivity contribution >= 4 is 29.6 Å². The molecule has 15 nitrogen and oxygen atoms in total. The van der Waals surface area contributed by atoms with Gasteiger partial charge in [0.05, 0.1) is 22.4 Å². The maximum absolute atomic E-state index is 12.6. The van der Waals surface area contributed by atoms with Crippen LogP contribution in [-0.4, -0.2) is 48.3 Å². The average Bonchev–Trinajstić information content (AvgIpc) is 3.44. The standard InChI is InChI=1S/C20H15N9O6/c1-11-16(28(27-23-11)18-17(21)25-35-26-18)19(30)24-22-10-12-3-2-4-15(9-12)34-20(31)13-5-7-14(8-6-13)29(32)33/h2-10H,1H3,(H2,21,25)(H,24,30)/b22-10-. The quantitative estimate of drug-likeness (QED) is 0.128. The molecule has 0 saturated heterocycles. The molecule has 15 heteroatoms. The van der Waals surface area contributed by atoms with Crippen molar-refractivity contribution in [3.8, 4) is 11.6 Å². The van der Waals surface area contributed by atoms with E-state index in [0.29, 0.717) is 11.3 Å². The van der Waals surface area contributed by atoms with Crippen LogP contribution >= 0.6 is 0 Å². The summed E-state index contributed by atoms with van der Waals surface area (Å²) in [6.07, 6.45) is 1.33. The normalized spacial score (nSPS) is 10.9. The zero-order chi connectivity index (χ0) is 24.9. The Kier molecular flexibility index (Phi) is 6.21. The molecule has 35 heavy (non-hydrogen) atoms. The molecule has 2 aromatic heterocycles. The number of esters is 1. The van der Waals surface area contributed by atoms with Gasteiger partial charge in [-0.1, -0.05) is 17.3 Å². The first-order valence-electron chi connectivity index (χ1n) is 9.74. The van der Waals surface area contributed by atoms with E-state index < -0.39 is 16.8 Å². The molecule has 0 spiro atoms. The maximum atomic E-state index is 12.6. The molecular weight excluding hydrogens is 462 g/mol. The third kappa shape index (κ3) is 4.98. The Bertz CT molecular complexity index is 1440. The number of hydrazone groups is 1. The fourth-order valence-corrected chi connectivity index (χ4v) is 2.87. The van der Waals surface area contributed by atoms with Crippen molar-refractivity contribution in [1.29, 1.82) is 0 Å². The second-order valence-electron chi connectivity index (χ2n) is 6.87. The van der Waals surface area contributed by atoms with Crippen LogP contribution in [0.2, 0.25) is 0 Å². The van der Waals surface area contributed by atoms with Gasteiger partial charge in [0.1, 0.15) is 5.75 Å². The number of nitrogen functional groups attached to an aromatic ring is 1. The number of nitro groups is 1. The van der Waals surface area contributed by atoms with Crippen molar-refractivity contribution in [1.82, 2.24) is 30.7 Å². The van der Waals surface area contributed by atoms with E-state index in [1.54, 1.807) is 25.1 Å². The molecule has 2 aromatic carbocycles. The van der Waals surface area contributed by atoms with Crippen LogP contribution < -0.4 is 15.9 Å². The Morgan fingerprint density at radius 3 is 2.69 bits per heavy atom. The number of aromatic nitrogens is 5. The van der Waals surface area contributed by atoms with Gasteiger partial charge < -0.3 is 10.5 Å². The Hall–Kier alpha value is -5.47. The third-order valence-corrected chi connectivity index (χ3v) is 4.51. The molecule has 4 aromatic rings. The van der Waals surface area contributed by atoms with E-state index in [0.717, 1.165) is 4.68 Å². The minimum atomic E-state index is -0.694. The van der Waals surface area contributed by atoms with Crippen LogP contribution in [0.5, 0.6) is 5.75 Å². The number of anilines is 1. The second kappa shape index (κ2) is 9.57. The first kappa shape index (κ1) is 22.7. The number of amides is 1. The van der Waals surface area contributed by atoms with Gasteiger partial charge >= 0.3 is 5.97 Å². The summed E-state index contributed by atoms with van der Waals surface area (Å²) in [5.74, 6) is -1.21. The molecule has 0 saturated carbocycles. The fraction of sp³-hybridized carbons (Fsp3) is 0.0500. The lowest BCUT2D eigenvalue weighted by atomic mass is 10.2. The molecular formula is C20H15N9O6. The number of non-ortho nitro benzene ring substituents is 1. The topological polar surface area (TPSA) is 207 Å². The van der Waals surface area contributed by atoms with Gasteiger partial charge in [-0.2, -0.15) is 9.78 Å². The molecule has 0 unspecified atom stereocenters. The third-order valence-electron chi connectivity index (χ3n) is 4.51. The smallest absolute Gasteiger partial charge is 0.343 e. The van der Waals surface area contributed by atoms with Crippen LogP contribution in [0.15, 0.2) is 58.3 Å². The molecule has 0 aliphatic heterocycles. The van der Waals surface area contributed by atoms with E-state index in [1.807, 2.05) is 0 Å². The number of carbonyl (C=O) groups excluding carboxylic acids is 2. The Morgan fingerprint density at radius 2 is 2.00 bits per heavy atom. The summed E-state index contributed by atoms with van der Waals surface area (Å²) in [6, 6.07) is 11.3. The molecule has 1 amide bonds. The fourth-order valence-electron chi connectivity index (χ4n) is 2.87. The van der Waals surface area contributed by atoms with Crippen LogP contribution in [0.1, 0.15) is 32.1 Å². The Balaban J connectivity index is 1.42. The number of rotatable bonds is 7. The summed E-state index contributed by atoms with van der Waals surface area (Å²) in [5.41, 5.74) is 8.82. The maximum Gasteiger partial charge on any atom is 0.343 e. The summed E-state index contributed by atoms with van der Waals surface area (Å²) < 4.78 is 10.9. The highest BCUT2D eigenvalue weighted by molar-refractivity contribution is 5.95. The summed E-state index contributed by atoms with van der Waals surface area (Å²) >= 11 is 0. The van der Waals surface area contributed by atoms with Crippen molar-refractivity contribution in [2.45, 2.75) is 6.92 Å². The SMILES string of the molecule is Cc1nnn(-c2nonc2N)c1C(=O)N/N=C\c1cccc(OC(=O)c2ccc([N+](=O)[O-])cc2)c1. The monoisotopic (exact) mass is 477 g/mol. The number of carbonyl (C=O) groups is 2. The zero-order valence-corrected chi connectivity index (χ0v) is 17.9. The van der Waals surface area contributed by atoms with Crippen LogP contribution in [0.4, 0.5) is 11.5 Å². The summed E-state index contributed by atoms with van der Waals surface area (Å²) in [7, 11) is 0. The van der Waals surface area contributed by atoms with Gasteiger partial charge in [0.15, 0.2) is 5.69 Å². The highest BCUT2D eigenvalue weighted by atomic mass is 16.6. The molecule has 0 atom stereocenters. The molecule has 4 rings (SSSR count). The number of aryl methyl sites for hydroxylation is 1. The van der Waals surface area contributed by atoms with E-state index in [4.69, 9.17) is 10.5 Å². The molecule has 0 bridgehead atoms. The molecule has 0 fully saturated rings. The predicted octanol–water partition coefficient (Wildman–Crippen LogP) is 1.43. The summed E-state index contributed by atoms with van der Waals surface area (Å²) in [5, 5.41) is 29.3. The molecule has 0 aliphatic carbocycles. The van der Waals surface area contributed by atoms with Gasteiger partial charge in [0, 0.05) is 12.1 Å². The zero-order valence-electron chi connectivity index (χ0n) is 17.9. The molecule has 0 aliphatic rings. The summed E-state index contributed by atoms with van der Waals surface area (Å²) in [6.45, 7) is 1.56. The first-order chi connectivity index (χ1) is 16.8. The van der Waals surface area contributed by atoms with E-state index in [2.05, 4.69) is 35.8 Å². The van der Waals surface area contributed by atoms with Crippen LogP contribution in [-0.2, 0) is 0 Å². The molecule has 3 N–H and O–H groups in total. The van der Waals surface area contributed by atoms with E-state index in [1.165, 1.54) is 36.5 Å². The highest BCUT2D eigenvalue weighted by Gasteiger charge is 2.22. The van der Waals surface area contributed by atoms with Crippen molar-refractivity contribution in [3.63, 3.8) is 0 Å². The van der Waals surface area contributed by atoms with Gasteiger partial charge in [-0.3, -0.25) is 14.9 Å². The number of nitrogens with two attached hydrogens (primary N) is 1. The highest BCUT2D eigenvalue weighted by Crippen LogP contribution is 2.17. The second-order valence-corrected chi connectivity index (χ2v) is 6.87. The predicted molar refractivity (Wildman–Crippen MR) is 118 cm³/mol. The number of nitrogens with zero attached hydrogens (tertiary/aromatic N) is 7. The number of nitro benzene ring substituents is 1. The number of hydrogen-bond donors (Lipinski definition) is 2. The average molecular weight is 477 g/mol. The van der Waals surface area contributed by atoms with Gasteiger partial charge in [-0.05, 0) is 47.1 Å². The van der Waals surface area contributed by atoms with E-state index >= 15 is 0 Å². The number of benzene rings is 2. The van der Waals surface area contributed by atoms with Crippen LogP contribution in [0.3, 0.4) is 0 Å². The summed E-state index contributed by atoms with van der Waals surface area (Å²) in [4.78, 5) is 35.1. The molecule has 176 valence electrons. The van der Waals surface area contributed by atoms with Crippen LogP contribution in [0, 0.1) is 17.0 Å². The van der Waals surface area contributed by atoms with E-state index in [9.17, 15) is 19.7 Å². The van der Waals surface area contributed by atoms with Crippen molar-refractivity contribution in [2.24, 2.45) is 5.10 Å². The molecule has 0 radical (unpaired) electrons. The van der Waals surface area contributed by atoms with Gasteiger partial charge in [0.2, 0.25) is 11.6 Å². The van der Waals surface area contributed by atoms with Crippen molar-refractivity contribution in [3.05, 3.63) is 81.2 Å². The number of hydrogen-bond acceptors (Lipinski definition) is 12. The van der Waals surface area contributed by atoms with Crippen LogP contribution in [0.25, 0.3) is 5.82 Å². The van der Waals surface area contributed by atoms with Crippen molar-refractivity contribution < 1.29 is 23.9 Å². The number of nitrogens with one attached hydrogen (secondary N) is 1. The van der Waals surface area contributed by atoms with Gasteiger partial charge in [0.25, 0.3) is 11.6 Å². The molecule has 2 heterocycles. The number of ether oxygens (including phenoxy) is 1. The lowest BCUT2D eigenvalue weighted by Gasteiger charge is -2.05. The Morgan fingerprint density at radius 1 is 1.23 bits per heavy atom. The largest absolute Gasteiger partial charge is 0.423 e. The van der Waals surface area contributed by atoms with Gasteiger partial charge in [-0.15, -0.1) is 5.10 Å². The minimum absolute atomic E-state index is 0.00210.